The summed E-state index contributed by atoms with van der Waals surface area (Å²) in [6, 6.07) is 3.18. The van der Waals surface area contributed by atoms with E-state index >= 15 is 0 Å². The molecule has 1 aromatic heterocycles. The smallest absolute Gasteiger partial charge is 0.341 e. The van der Waals surface area contributed by atoms with Gasteiger partial charge in [-0.15, -0.1) is 0 Å². The number of benzene rings is 1. The minimum absolute atomic E-state index is 0.190. The highest BCUT2D eigenvalue weighted by molar-refractivity contribution is 6.44. The average Bonchev–Trinajstić information content (AvgIpc) is 2.28. The molecule has 0 N–H and O–H groups in total. The summed E-state index contributed by atoms with van der Waals surface area (Å²) in [5.41, 5.74) is 0.723. The Morgan fingerprint density at radius 3 is 2.72 bits per heavy atom. The number of carbonyl (C=O) groups is 1. The SMILES string of the molecule is CCOC(=O)c1cnc2cc(Cl)cc(Cl)c2c1Cl. The van der Waals surface area contributed by atoms with Crippen molar-refractivity contribution in [2.24, 2.45) is 0 Å². The summed E-state index contributed by atoms with van der Waals surface area (Å²) >= 11 is 18.1. The predicted octanol–water partition coefficient (Wildman–Crippen LogP) is 4.37. The zero-order chi connectivity index (χ0) is 13.3. The minimum atomic E-state index is -0.525. The molecular formula is C12H8Cl3NO2. The van der Waals surface area contributed by atoms with Crippen molar-refractivity contribution >= 4 is 51.7 Å². The Labute approximate surface area is 119 Å². The van der Waals surface area contributed by atoms with Crippen molar-refractivity contribution in [2.45, 2.75) is 6.92 Å². The summed E-state index contributed by atoms with van der Waals surface area (Å²) < 4.78 is 4.89. The number of hydrogen-bond donors (Lipinski definition) is 0. The van der Waals surface area contributed by atoms with Crippen molar-refractivity contribution in [1.29, 1.82) is 0 Å². The van der Waals surface area contributed by atoms with Gasteiger partial charge in [0.25, 0.3) is 0 Å². The molecule has 0 aliphatic rings. The second-order valence-corrected chi connectivity index (χ2v) is 4.71. The molecule has 1 aromatic carbocycles. The Morgan fingerprint density at radius 1 is 1.33 bits per heavy atom. The number of nitrogens with zero attached hydrogens (tertiary/aromatic N) is 1. The molecule has 18 heavy (non-hydrogen) atoms. The third-order valence-corrected chi connectivity index (χ3v) is 3.23. The molecule has 94 valence electrons. The van der Waals surface area contributed by atoms with E-state index in [-0.39, 0.29) is 17.2 Å². The molecule has 2 aromatic rings. The zero-order valence-electron chi connectivity index (χ0n) is 9.34. The summed E-state index contributed by atoms with van der Waals surface area (Å²) in [4.78, 5) is 15.8. The Morgan fingerprint density at radius 2 is 2.06 bits per heavy atom. The number of aromatic nitrogens is 1. The molecule has 0 amide bonds. The first-order valence-electron chi connectivity index (χ1n) is 5.15. The van der Waals surface area contributed by atoms with Gasteiger partial charge in [0.05, 0.1) is 27.7 Å². The van der Waals surface area contributed by atoms with Crippen LogP contribution in [0.4, 0.5) is 0 Å². The van der Waals surface area contributed by atoms with Crippen LogP contribution in [-0.4, -0.2) is 17.6 Å². The lowest BCUT2D eigenvalue weighted by Crippen LogP contribution is -2.06. The summed E-state index contributed by atoms with van der Waals surface area (Å²) in [5.74, 6) is -0.525. The number of pyridine rings is 1. The molecule has 0 unspecified atom stereocenters. The first-order valence-corrected chi connectivity index (χ1v) is 6.28. The molecule has 0 radical (unpaired) electrons. The van der Waals surface area contributed by atoms with E-state index in [1.807, 2.05) is 0 Å². The zero-order valence-corrected chi connectivity index (χ0v) is 11.6. The van der Waals surface area contributed by atoms with Gasteiger partial charge in [-0.25, -0.2) is 4.79 Å². The van der Waals surface area contributed by atoms with E-state index in [0.29, 0.717) is 20.9 Å². The van der Waals surface area contributed by atoms with Crippen LogP contribution in [-0.2, 0) is 4.74 Å². The number of carbonyl (C=O) groups excluding carboxylic acids is 1. The monoisotopic (exact) mass is 303 g/mol. The molecule has 1 heterocycles. The van der Waals surface area contributed by atoms with E-state index in [1.165, 1.54) is 6.20 Å². The highest BCUT2D eigenvalue weighted by Gasteiger charge is 2.17. The molecule has 0 fully saturated rings. The molecule has 0 bridgehead atoms. The Kier molecular flexibility index (Phi) is 3.95. The van der Waals surface area contributed by atoms with Crippen LogP contribution in [0.5, 0.6) is 0 Å². The van der Waals surface area contributed by atoms with Gasteiger partial charge >= 0.3 is 5.97 Å². The lowest BCUT2D eigenvalue weighted by atomic mass is 10.1. The average molecular weight is 305 g/mol. The van der Waals surface area contributed by atoms with Crippen LogP contribution in [0.2, 0.25) is 15.1 Å². The van der Waals surface area contributed by atoms with Crippen molar-refractivity contribution in [3.8, 4) is 0 Å². The maximum absolute atomic E-state index is 11.7. The van der Waals surface area contributed by atoms with Crippen molar-refractivity contribution in [3.05, 3.63) is 39.0 Å². The highest BCUT2D eigenvalue weighted by atomic mass is 35.5. The van der Waals surface area contributed by atoms with E-state index in [2.05, 4.69) is 4.98 Å². The summed E-state index contributed by atoms with van der Waals surface area (Å²) in [7, 11) is 0. The third-order valence-electron chi connectivity index (χ3n) is 2.32. The van der Waals surface area contributed by atoms with E-state index in [9.17, 15) is 4.79 Å². The summed E-state index contributed by atoms with van der Waals surface area (Å²) in [6.45, 7) is 1.98. The van der Waals surface area contributed by atoms with Crippen LogP contribution in [0.1, 0.15) is 17.3 Å². The third kappa shape index (κ3) is 2.39. The van der Waals surface area contributed by atoms with Crippen LogP contribution >= 0.6 is 34.8 Å². The number of ether oxygens (including phenoxy) is 1. The molecule has 0 aliphatic heterocycles. The fourth-order valence-electron chi connectivity index (χ4n) is 1.56. The van der Waals surface area contributed by atoms with Gasteiger partial charge < -0.3 is 4.74 Å². The molecule has 0 atom stereocenters. The van der Waals surface area contributed by atoms with Crippen LogP contribution in [0.15, 0.2) is 18.3 Å². The van der Waals surface area contributed by atoms with Gasteiger partial charge in [0.2, 0.25) is 0 Å². The Balaban J connectivity index is 2.67. The van der Waals surface area contributed by atoms with Gasteiger partial charge in [-0.2, -0.15) is 0 Å². The van der Waals surface area contributed by atoms with Crippen molar-refractivity contribution in [1.82, 2.24) is 4.98 Å². The van der Waals surface area contributed by atoms with Crippen LogP contribution in [0, 0.1) is 0 Å². The van der Waals surface area contributed by atoms with Crippen molar-refractivity contribution in [3.63, 3.8) is 0 Å². The summed E-state index contributed by atoms with van der Waals surface area (Å²) in [5, 5.41) is 1.52. The number of hydrogen-bond acceptors (Lipinski definition) is 3. The van der Waals surface area contributed by atoms with Crippen molar-refractivity contribution < 1.29 is 9.53 Å². The normalized spacial score (nSPS) is 10.7. The first-order chi connectivity index (χ1) is 8.54. The van der Waals surface area contributed by atoms with Crippen LogP contribution in [0.25, 0.3) is 10.9 Å². The molecule has 0 saturated carbocycles. The quantitative estimate of drug-likeness (QED) is 0.773. The Bertz CT molecular complexity index is 628. The number of esters is 1. The lowest BCUT2D eigenvalue weighted by molar-refractivity contribution is 0.0526. The molecule has 0 saturated heterocycles. The topological polar surface area (TPSA) is 39.2 Å². The van der Waals surface area contributed by atoms with Gasteiger partial charge in [-0.05, 0) is 19.1 Å². The van der Waals surface area contributed by atoms with Gasteiger partial charge in [0.1, 0.15) is 0 Å². The minimum Gasteiger partial charge on any atom is -0.462 e. The van der Waals surface area contributed by atoms with Gasteiger partial charge in [-0.1, -0.05) is 34.8 Å². The predicted molar refractivity (Wildman–Crippen MR) is 72.7 cm³/mol. The van der Waals surface area contributed by atoms with Gasteiger partial charge in [0, 0.05) is 16.6 Å². The van der Waals surface area contributed by atoms with Gasteiger partial charge in [0.15, 0.2) is 0 Å². The lowest BCUT2D eigenvalue weighted by Gasteiger charge is -2.08. The standard InChI is InChI=1S/C12H8Cl3NO2/c1-2-18-12(17)7-5-16-9-4-6(13)3-8(14)10(9)11(7)15/h3-5H,2H2,1H3. The molecular weight excluding hydrogens is 296 g/mol. The van der Waals surface area contributed by atoms with Crippen molar-refractivity contribution in [2.75, 3.05) is 6.61 Å². The van der Waals surface area contributed by atoms with Crippen LogP contribution < -0.4 is 0 Å². The maximum atomic E-state index is 11.7. The number of fused-ring (bicyclic) bond motifs is 1. The van der Waals surface area contributed by atoms with E-state index in [0.717, 1.165) is 0 Å². The second-order valence-electron chi connectivity index (χ2n) is 3.49. The van der Waals surface area contributed by atoms with E-state index < -0.39 is 5.97 Å². The molecule has 6 heteroatoms. The second kappa shape index (κ2) is 5.31. The largest absolute Gasteiger partial charge is 0.462 e. The molecule has 0 aliphatic carbocycles. The van der Waals surface area contributed by atoms with E-state index in [1.54, 1.807) is 19.1 Å². The molecule has 3 nitrogen and oxygen atoms in total. The van der Waals surface area contributed by atoms with Gasteiger partial charge in [-0.3, -0.25) is 4.98 Å². The number of halogens is 3. The fourth-order valence-corrected chi connectivity index (χ4v) is 2.51. The van der Waals surface area contributed by atoms with Crippen LogP contribution in [0.3, 0.4) is 0 Å². The maximum Gasteiger partial charge on any atom is 0.341 e. The van der Waals surface area contributed by atoms with E-state index in [4.69, 9.17) is 39.5 Å². The summed E-state index contributed by atoms with van der Waals surface area (Å²) in [6.07, 6.45) is 1.36. The Hall–Kier alpha value is -1.03. The highest BCUT2D eigenvalue weighted by Crippen LogP contribution is 2.34. The molecule has 0 spiro atoms. The number of rotatable bonds is 2. The molecule has 2 rings (SSSR count). The fraction of sp³-hybridized carbons (Fsp3) is 0.167. The first kappa shape index (κ1) is 13.4.